The summed E-state index contributed by atoms with van der Waals surface area (Å²) in [5.74, 6) is 0. The van der Waals surface area contributed by atoms with Crippen molar-refractivity contribution in [2.75, 3.05) is 0 Å². The maximum Gasteiger partial charge on any atom is 0.0994 e. The third-order valence-electron chi connectivity index (χ3n) is 2.13. The first kappa shape index (κ1) is 9.35. The topological polar surface area (TPSA) is 49.6 Å². The molecule has 0 spiro atoms. The molecule has 0 radical (unpaired) electrons. The van der Waals surface area contributed by atoms with E-state index in [9.17, 15) is 0 Å². The second-order valence-electron chi connectivity index (χ2n) is 3.14. The molecule has 0 amide bonds. The van der Waals surface area contributed by atoms with Crippen LogP contribution in [0.1, 0.15) is 16.8 Å². The van der Waals surface area contributed by atoms with E-state index in [-0.39, 0.29) is 0 Å². The third kappa shape index (κ3) is 2.18. The Labute approximate surface area is 88.1 Å². The SMILES string of the molecule is N#Cc1ccccc1Cc1cnccn1. The molecule has 0 N–H and O–H groups in total. The van der Waals surface area contributed by atoms with Crippen molar-refractivity contribution in [3.8, 4) is 6.07 Å². The Kier molecular flexibility index (Phi) is 2.70. The van der Waals surface area contributed by atoms with Gasteiger partial charge in [-0.1, -0.05) is 18.2 Å². The number of benzene rings is 1. The molecule has 0 aliphatic carbocycles. The van der Waals surface area contributed by atoms with Gasteiger partial charge in [0.2, 0.25) is 0 Å². The van der Waals surface area contributed by atoms with Crippen LogP contribution in [0.5, 0.6) is 0 Å². The van der Waals surface area contributed by atoms with Crippen LogP contribution in [-0.2, 0) is 6.42 Å². The average Bonchev–Trinajstić information content (AvgIpc) is 2.31. The van der Waals surface area contributed by atoms with Gasteiger partial charge < -0.3 is 0 Å². The minimum atomic E-state index is 0.650. The van der Waals surface area contributed by atoms with Crippen molar-refractivity contribution >= 4 is 0 Å². The molecule has 2 rings (SSSR count). The Morgan fingerprint density at radius 1 is 1.20 bits per heavy atom. The minimum Gasteiger partial charge on any atom is -0.261 e. The maximum atomic E-state index is 8.91. The van der Waals surface area contributed by atoms with Gasteiger partial charge in [0.25, 0.3) is 0 Å². The smallest absolute Gasteiger partial charge is 0.0994 e. The van der Waals surface area contributed by atoms with Crippen LogP contribution in [0.2, 0.25) is 0 Å². The van der Waals surface area contributed by atoms with Gasteiger partial charge in [0.1, 0.15) is 0 Å². The van der Waals surface area contributed by atoms with E-state index in [4.69, 9.17) is 5.26 Å². The van der Waals surface area contributed by atoms with E-state index < -0.39 is 0 Å². The molecule has 3 heteroatoms. The molecule has 2 aromatic rings. The lowest BCUT2D eigenvalue weighted by Crippen LogP contribution is -1.95. The largest absolute Gasteiger partial charge is 0.261 e. The molecule has 1 heterocycles. The molecule has 0 aliphatic heterocycles. The highest BCUT2D eigenvalue weighted by molar-refractivity contribution is 5.39. The van der Waals surface area contributed by atoms with Crippen LogP contribution in [-0.4, -0.2) is 9.97 Å². The standard InChI is InChI=1S/C12H9N3/c13-8-11-4-2-1-3-10(11)7-12-9-14-5-6-15-12/h1-6,9H,7H2. The van der Waals surface area contributed by atoms with Crippen LogP contribution in [0.25, 0.3) is 0 Å². The Bertz CT molecular complexity index is 486. The number of hydrogen-bond donors (Lipinski definition) is 0. The van der Waals surface area contributed by atoms with Gasteiger partial charge in [0.05, 0.1) is 17.3 Å². The Hall–Kier alpha value is -2.21. The van der Waals surface area contributed by atoms with Gasteiger partial charge in [0, 0.05) is 25.0 Å². The number of nitriles is 1. The molecule has 0 bridgehead atoms. The van der Waals surface area contributed by atoms with Crippen molar-refractivity contribution in [3.63, 3.8) is 0 Å². The van der Waals surface area contributed by atoms with Gasteiger partial charge in [-0.05, 0) is 11.6 Å². The summed E-state index contributed by atoms with van der Waals surface area (Å²) in [6.07, 6.45) is 5.66. The van der Waals surface area contributed by atoms with Gasteiger partial charge in [-0.3, -0.25) is 9.97 Å². The lowest BCUT2D eigenvalue weighted by atomic mass is 10.0. The normalized spacial score (nSPS) is 9.53. The van der Waals surface area contributed by atoms with Crippen molar-refractivity contribution < 1.29 is 0 Å². The van der Waals surface area contributed by atoms with E-state index in [2.05, 4.69) is 16.0 Å². The van der Waals surface area contributed by atoms with Crippen LogP contribution in [0, 0.1) is 11.3 Å². The van der Waals surface area contributed by atoms with Crippen LogP contribution < -0.4 is 0 Å². The fraction of sp³-hybridized carbons (Fsp3) is 0.0833. The van der Waals surface area contributed by atoms with E-state index in [1.807, 2.05) is 24.3 Å². The maximum absolute atomic E-state index is 8.91. The van der Waals surface area contributed by atoms with E-state index in [1.165, 1.54) is 0 Å². The molecule has 0 unspecified atom stereocenters. The molecule has 3 nitrogen and oxygen atoms in total. The molecule has 0 saturated carbocycles. The van der Waals surface area contributed by atoms with Crippen molar-refractivity contribution in [1.29, 1.82) is 5.26 Å². The predicted molar refractivity (Wildman–Crippen MR) is 56.0 cm³/mol. The second kappa shape index (κ2) is 4.34. The number of rotatable bonds is 2. The number of nitrogens with zero attached hydrogens (tertiary/aromatic N) is 3. The second-order valence-corrected chi connectivity index (χ2v) is 3.14. The first-order valence-electron chi connectivity index (χ1n) is 4.63. The van der Waals surface area contributed by atoms with Gasteiger partial charge >= 0.3 is 0 Å². The molecule has 15 heavy (non-hydrogen) atoms. The number of hydrogen-bond acceptors (Lipinski definition) is 3. The van der Waals surface area contributed by atoms with Crippen molar-refractivity contribution in [1.82, 2.24) is 9.97 Å². The summed E-state index contributed by atoms with van der Waals surface area (Å²) in [4.78, 5) is 8.17. The molecule has 72 valence electrons. The zero-order chi connectivity index (χ0) is 10.5. The summed E-state index contributed by atoms with van der Waals surface area (Å²) in [6.45, 7) is 0. The van der Waals surface area contributed by atoms with Crippen LogP contribution in [0.4, 0.5) is 0 Å². The summed E-state index contributed by atoms with van der Waals surface area (Å²) < 4.78 is 0. The highest BCUT2D eigenvalue weighted by atomic mass is 14.8. The van der Waals surface area contributed by atoms with Gasteiger partial charge in [-0.25, -0.2) is 0 Å². The Balaban J connectivity index is 2.29. The highest BCUT2D eigenvalue weighted by Crippen LogP contribution is 2.11. The Morgan fingerprint density at radius 2 is 2.07 bits per heavy atom. The number of aromatic nitrogens is 2. The fourth-order valence-corrected chi connectivity index (χ4v) is 1.40. The van der Waals surface area contributed by atoms with Gasteiger partial charge in [-0.2, -0.15) is 5.26 Å². The lowest BCUT2D eigenvalue weighted by Gasteiger charge is -2.01. The molecule has 0 fully saturated rings. The molecule has 1 aromatic carbocycles. The summed E-state index contributed by atoms with van der Waals surface area (Å²) in [5.41, 5.74) is 2.56. The molecule has 0 aliphatic rings. The molecular weight excluding hydrogens is 186 g/mol. The summed E-state index contributed by atoms with van der Waals surface area (Å²) >= 11 is 0. The predicted octanol–water partition coefficient (Wildman–Crippen LogP) is 1.94. The van der Waals surface area contributed by atoms with Crippen LogP contribution >= 0.6 is 0 Å². The summed E-state index contributed by atoms with van der Waals surface area (Å²) in [7, 11) is 0. The van der Waals surface area contributed by atoms with Crippen LogP contribution in [0.3, 0.4) is 0 Å². The van der Waals surface area contributed by atoms with Gasteiger partial charge in [-0.15, -0.1) is 0 Å². The molecule has 0 saturated heterocycles. The molecular formula is C12H9N3. The highest BCUT2D eigenvalue weighted by Gasteiger charge is 2.02. The van der Waals surface area contributed by atoms with Crippen molar-refractivity contribution in [2.24, 2.45) is 0 Å². The average molecular weight is 195 g/mol. The van der Waals surface area contributed by atoms with Crippen LogP contribution in [0.15, 0.2) is 42.9 Å². The van der Waals surface area contributed by atoms with E-state index in [0.29, 0.717) is 12.0 Å². The van der Waals surface area contributed by atoms with E-state index in [0.717, 1.165) is 11.3 Å². The first-order valence-corrected chi connectivity index (χ1v) is 4.63. The Morgan fingerprint density at radius 3 is 2.80 bits per heavy atom. The van der Waals surface area contributed by atoms with Gasteiger partial charge in [0.15, 0.2) is 0 Å². The quantitative estimate of drug-likeness (QED) is 0.735. The third-order valence-corrected chi connectivity index (χ3v) is 2.13. The minimum absolute atomic E-state index is 0.650. The molecule has 1 aromatic heterocycles. The van der Waals surface area contributed by atoms with Crippen molar-refractivity contribution in [3.05, 3.63) is 59.7 Å². The monoisotopic (exact) mass is 195 g/mol. The lowest BCUT2D eigenvalue weighted by molar-refractivity contribution is 1.03. The van der Waals surface area contributed by atoms with Crippen molar-refractivity contribution in [2.45, 2.75) is 6.42 Å². The summed E-state index contributed by atoms with van der Waals surface area (Å²) in [5, 5.41) is 8.91. The zero-order valence-electron chi connectivity index (χ0n) is 8.09. The fourth-order valence-electron chi connectivity index (χ4n) is 1.40. The molecule has 0 atom stereocenters. The zero-order valence-corrected chi connectivity index (χ0v) is 8.09. The summed E-state index contributed by atoms with van der Waals surface area (Å²) in [6, 6.07) is 9.70. The van der Waals surface area contributed by atoms with E-state index in [1.54, 1.807) is 18.6 Å². The first-order chi connectivity index (χ1) is 7.40. The van der Waals surface area contributed by atoms with E-state index >= 15 is 0 Å².